The van der Waals surface area contributed by atoms with Crippen molar-refractivity contribution in [1.82, 2.24) is 11.1 Å². The monoisotopic (exact) mass is 154 g/mol. The summed E-state index contributed by atoms with van der Waals surface area (Å²) in [6, 6.07) is 5.72. The summed E-state index contributed by atoms with van der Waals surface area (Å²) >= 11 is 0. The van der Waals surface area contributed by atoms with Crippen molar-refractivity contribution in [2.45, 2.75) is 13.8 Å². The molecule has 3 heteroatoms. The second kappa shape index (κ2) is 8.78. The van der Waals surface area contributed by atoms with Crippen molar-refractivity contribution in [2.24, 2.45) is 0 Å². The third kappa shape index (κ3) is 17.7. The Labute approximate surface area is 67.0 Å². The van der Waals surface area contributed by atoms with Gasteiger partial charge in [0.05, 0.1) is 0 Å². The van der Waals surface area contributed by atoms with Crippen molar-refractivity contribution in [3.05, 3.63) is 30.6 Å². The molecule has 0 aliphatic carbocycles. The van der Waals surface area contributed by atoms with E-state index < -0.39 is 0 Å². The summed E-state index contributed by atoms with van der Waals surface area (Å²) in [5.41, 5.74) is 0. The Balaban J connectivity index is 0. The number of rotatable bonds is 0. The molecular formula is C8H14N2O. The largest absolute Gasteiger partial charge is 0.344 e. The van der Waals surface area contributed by atoms with E-state index in [9.17, 15) is 4.79 Å². The zero-order valence-electron chi connectivity index (χ0n) is 6.95. The molecule has 1 aromatic heterocycles. The first-order valence-electron chi connectivity index (χ1n) is 3.05. The standard InChI is InChI=1S/C5H5N.C3H6O.H3N/c1-2-4-6-5-3-1;1-3(2)4;/h1-5H;1-2H3;1H3. The Morgan fingerprint density at radius 2 is 1.45 bits per heavy atom. The van der Waals surface area contributed by atoms with Crippen LogP contribution in [0.5, 0.6) is 0 Å². The van der Waals surface area contributed by atoms with E-state index in [0.29, 0.717) is 0 Å². The molecule has 1 aromatic rings. The van der Waals surface area contributed by atoms with Gasteiger partial charge >= 0.3 is 0 Å². The Kier molecular flexibility index (Phi) is 9.94. The van der Waals surface area contributed by atoms with Crippen molar-refractivity contribution in [2.75, 3.05) is 0 Å². The smallest absolute Gasteiger partial charge is 0.126 e. The molecule has 0 aliphatic rings. The van der Waals surface area contributed by atoms with Gasteiger partial charge in [-0.1, -0.05) is 6.07 Å². The van der Waals surface area contributed by atoms with Crippen LogP contribution in [-0.4, -0.2) is 10.8 Å². The van der Waals surface area contributed by atoms with Gasteiger partial charge in [0.2, 0.25) is 0 Å². The highest BCUT2D eigenvalue weighted by molar-refractivity contribution is 5.72. The molecule has 3 N–H and O–H groups in total. The van der Waals surface area contributed by atoms with E-state index in [0.717, 1.165) is 0 Å². The Morgan fingerprint density at radius 1 is 1.09 bits per heavy atom. The molecule has 0 fully saturated rings. The molecule has 0 amide bonds. The number of carbonyl (C=O) groups is 1. The molecule has 0 bridgehead atoms. The summed E-state index contributed by atoms with van der Waals surface area (Å²) < 4.78 is 0. The Bertz CT molecular complexity index is 144. The van der Waals surface area contributed by atoms with Crippen LogP contribution < -0.4 is 6.15 Å². The average Bonchev–Trinajstić information content (AvgIpc) is 1.90. The van der Waals surface area contributed by atoms with Crippen LogP contribution in [0.15, 0.2) is 30.6 Å². The molecule has 0 aromatic carbocycles. The summed E-state index contributed by atoms with van der Waals surface area (Å²) in [7, 11) is 0. The van der Waals surface area contributed by atoms with Crippen molar-refractivity contribution in [1.29, 1.82) is 0 Å². The fourth-order valence-corrected chi connectivity index (χ4v) is 0.313. The molecule has 0 saturated carbocycles. The number of aromatic nitrogens is 1. The molecule has 0 unspecified atom stereocenters. The highest BCUT2D eigenvalue weighted by Crippen LogP contribution is 1.73. The molecule has 0 saturated heterocycles. The maximum atomic E-state index is 9.44. The van der Waals surface area contributed by atoms with Crippen molar-refractivity contribution < 1.29 is 4.79 Å². The van der Waals surface area contributed by atoms with E-state index in [1.54, 1.807) is 12.4 Å². The fraction of sp³-hybridized carbons (Fsp3) is 0.250. The first kappa shape index (κ1) is 12.5. The molecule has 11 heavy (non-hydrogen) atoms. The maximum Gasteiger partial charge on any atom is 0.126 e. The summed E-state index contributed by atoms with van der Waals surface area (Å²) in [6.45, 7) is 3.06. The Morgan fingerprint density at radius 3 is 1.55 bits per heavy atom. The van der Waals surface area contributed by atoms with Gasteiger partial charge in [-0.3, -0.25) is 4.98 Å². The van der Waals surface area contributed by atoms with Crippen LogP contribution in [-0.2, 0) is 4.79 Å². The maximum absolute atomic E-state index is 9.44. The molecule has 1 rings (SSSR count). The third-order valence-corrected chi connectivity index (χ3v) is 0.566. The zero-order valence-corrected chi connectivity index (χ0v) is 6.95. The Hall–Kier alpha value is -1.22. The van der Waals surface area contributed by atoms with Gasteiger partial charge < -0.3 is 10.9 Å². The molecule has 62 valence electrons. The molecule has 0 atom stereocenters. The minimum Gasteiger partial charge on any atom is -0.344 e. The number of hydrogen-bond acceptors (Lipinski definition) is 3. The lowest BCUT2D eigenvalue weighted by Crippen LogP contribution is -1.69. The van der Waals surface area contributed by atoms with Crippen LogP contribution in [0.3, 0.4) is 0 Å². The quantitative estimate of drug-likeness (QED) is 0.620. The van der Waals surface area contributed by atoms with Gasteiger partial charge in [0, 0.05) is 12.4 Å². The van der Waals surface area contributed by atoms with E-state index in [1.807, 2.05) is 18.2 Å². The van der Waals surface area contributed by atoms with Gasteiger partial charge in [0.15, 0.2) is 0 Å². The first-order chi connectivity index (χ1) is 4.73. The number of ketones is 1. The van der Waals surface area contributed by atoms with E-state index in [4.69, 9.17) is 0 Å². The summed E-state index contributed by atoms with van der Waals surface area (Å²) in [5, 5.41) is 0. The van der Waals surface area contributed by atoms with E-state index in [-0.39, 0.29) is 11.9 Å². The van der Waals surface area contributed by atoms with E-state index in [2.05, 4.69) is 4.98 Å². The highest BCUT2D eigenvalue weighted by Gasteiger charge is 1.62. The third-order valence-electron chi connectivity index (χ3n) is 0.566. The zero-order chi connectivity index (χ0) is 7.82. The number of nitrogens with zero attached hydrogens (tertiary/aromatic N) is 1. The van der Waals surface area contributed by atoms with E-state index >= 15 is 0 Å². The lowest BCUT2D eigenvalue weighted by Gasteiger charge is -1.70. The minimum atomic E-state index is 0. The van der Waals surface area contributed by atoms with E-state index in [1.165, 1.54) is 13.8 Å². The van der Waals surface area contributed by atoms with Crippen LogP contribution in [0.1, 0.15) is 13.8 Å². The molecular weight excluding hydrogens is 140 g/mol. The van der Waals surface area contributed by atoms with Crippen molar-refractivity contribution in [3.63, 3.8) is 0 Å². The molecule has 0 spiro atoms. The van der Waals surface area contributed by atoms with Crippen LogP contribution >= 0.6 is 0 Å². The summed E-state index contributed by atoms with van der Waals surface area (Å²) in [4.78, 5) is 13.2. The molecule has 3 nitrogen and oxygen atoms in total. The van der Waals surface area contributed by atoms with Gasteiger partial charge in [-0.15, -0.1) is 0 Å². The number of pyridine rings is 1. The molecule has 1 heterocycles. The number of Topliss-reactive ketones (excluding diaryl/α,β-unsaturated/α-hetero) is 1. The highest BCUT2D eigenvalue weighted by atomic mass is 16.1. The van der Waals surface area contributed by atoms with Crippen LogP contribution in [0.25, 0.3) is 0 Å². The second-order valence-corrected chi connectivity index (χ2v) is 1.93. The lowest BCUT2D eigenvalue weighted by atomic mass is 10.5. The van der Waals surface area contributed by atoms with Crippen LogP contribution in [0.2, 0.25) is 0 Å². The minimum absolute atomic E-state index is 0. The predicted octanol–water partition coefficient (Wildman–Crippen LogP) is 1.84. The van der Waals surface area contributed by atoms with Gasteiger partial charge in [-0.05, 0) is 26.0 Å². The topological polar surface area (TPSA) is 65.0 Å². The van der Waals surface area contributed by atoms with Gasteiger partial charge in [-0.2, -0.15) is 0 Å². The number of hydrogen-bond donors (Lipinski definition) is 1. The van der Waals surface area contributed by atoms with Gasteiger partial charge in [0.25, 0.3) is 0 Å². The van der Waals surface area contributed by atoms with Crippen molar-refractivity contribution >= 4 is 5.78 Å². The normalized spacial score (nSPS) is 6.73. The van der Waals surface area contributed by atoms with Crippen LogP contribution in [0, 0.1) is 0 Å². The average molecular weight is 154 g/mol. The second-order valence-electron chi connectivity index (χ2n) is 1.93. The summed E-state index contributed by atoms with van der Waals surface area (Å²) in [5.74, 6) is 0.167. The predicted molar refractivity (Wildman–Crippen MR) is 45.6 cm³/mol. The van der Waals surface area contributed by atoms with Crippen LogP contribution in [0.4, 0.5) is 0 Å². The van der Waals surface area contributed by atoms with Crippen molar-refractivity contribution in [3.8, 4) is 0 Å². The summed E-state index contributed by atoms with van der Waals surface area (Å²) in [6.07, 6.45) is 3.50. The molecule has 0 radical (unpaired) electrons. The van der Waals surface area contributed by atoms with Gasteiger partial charge in [0.1, 0.15) is 5.78 Å². The molecule has 0 aliphatic heterocycles. The van der Waals surface area contributed by atoms with Gasteiger partial charge in [-0.25, -0.2) is 0 Å². The SMILES string of the molecule is CC(C)=O.N.c1ccncc1. The first-order valence-corrected chi connectivity index (χ1v) is 3.05. The number of carbonyl (C=O) groups excluding carboxylic acids is 1. The lowest BCUT2D eigenvalue weighted by molar-refractivity contribution is -0.114. The fourth-order valence-electron chi connectivity index (χ4n) is 0.313.